The molecule has 0 fully saturated rings. The van der Waals surface area contributed by atoms with E-state index in [0.29, 0.717) is 13.0 Å². The summed E-state index contributed by atoms with van der Waals surface area (Å²) in [6, 6.07) is -3.32. The van der Waals surface area contributed by atoms with E-state index in [9.17, 15) is 14.4 Å². The summed E-state index contributed by atoms with van der Waals surface area (Å²) in [6.07, 6.45) is 0.548. The highest BCUT2D eigenvalue weighted by Crippen LogP contribution is 2.03. The third-order valence-corrected chi connectivity index (χ3v) is 3.44. The molecule has 0 aromatic carbocycles. The van der Waals surface area contributed by atoms with Crippen molar-refractivity contribution in [1.29, 1.82) is 5.41 Å². The molecule has 0 aromatic heterocycles. The van der Waals surface area contributed by atoms with Crippen molar-refractivity contribution in [2.24, 2.45) is 17.4 Å². The normalized spacial score (nSPS) is 14.3. The van der Waals surface area contributed by atoms with Crippen molar-refractivity contribution < 1.29 is 24.6 Å². The first-order chi connectivity index (χ1) is 11.6. The van der Waals surface area contributed by atoms with Crippen molar-refractivity contribution >= 4 is 23.7 Å². The van der Waals surface area contributed by atoms with Gasteiger partial charge < -0.3 is 37.6 Å². The summed E-state index contributed by atoms with van der Waals surface area (Å²) in [5.74, 6) is -3.04. The molecule has 11 nitrogen and oxygen atoms in total. The molecule has 0 saturated heterocycles. The van der Waals surface area contributed by atoms with Crippen molar-refractivity contribution in [3.05, 3.63) is 0 Å². The van der Waals surface area contributed by atoms with Gasteiger partial charge in [-0.25, -0.2) is 4.79 Å². The maximum atomic E-state index is 12.2. The minimum atomic E-state index is -1.47. The summed E-state index contributed by atoms with van der Waals surface area (Å²) in [4.78, 5) is 35.2. The Labute approximate surface area is 146 Å². The Balaban J connectivity index is 4.91. The predicted octanol–water partition coefficient (Wildman–Crippen LogP) is -2.72. The number of nitrogens with one attached hydrogen (secondary N) is 4. The van der Waals surface area contributed by atoms with Crippen molar-refractivity contribution in [2.75, 3.05) is 13.2 Å². The van der Waals surface area contributed by atoms with E-state index in [4.69, 9.17) is 27.1 Å². The van der Waals surface area contributed by atoms with Crippen LogP contribution in [0.25, 0.3) is 0 Å². The van der Waals surface area contributed by atoms with Crippen molar-refractivity contribution in [3.63, 3.8) is 0 Å². The van der Waals surface area contributed by atoms with E-state index >= 15 is 0 Å². The molecule has 10 N–H and O–H groups in total. The number of carbonyl (C=O) groups is 3. The summed E-state index contributed by atoms with van der Waals surface area (Å²) in [5, 5.41) is 32.2. The van der Waals surface area contributed by atoms with E-state index in [0.717, 1.165) is 0 Å². The van der Waals surface area contributed by atoms with Gasteiger partial charge in [0.2, 0.25) is 11.8 Å². The fourth-order valence-electron chi connectivity index (χ4n) is 1.83. The molecule has 0 saturated carbocycles. The Morgan fingerprint density at radius 2 is 1.68 bits per heavy atom. The van der Waals surface area contributed by atoms with Crippen molar-refractivity contribution in [3.8, 4) is 0 Å². The fourth-order valence-corrected chi connectivity index (χ4v) is 1.83. The molecule has 0 rings (SSSR count). The van der Waals surface area contributed by atoms with E-state index in [1.54, 1.807) is 13.8 Å². The number of guanidine groups is 1. The number of hydrogen-bond acceptors (Lipinski definition) is 6. The minimum absolute atomic E-state index is 0.146. The zero-order valence-electron chi connectivity index (χ0n) is 14.4. The van der Waals surface area contributed by atoms with Gasteiger partial charge in [0.15, 0.2) is 5.96 Å². The van der Waals surface area contributed by atoms with Gasteiger partial charge in [-0.3, -0.25) is 15.0 Å². The number of hydrogen-bond donors (Lipinski definition) is 8. The van der Waals surface area contributed by atoms with Crippen LogP contribution in [0.1, 0.15) is 26.7 Å². The second-order valence-corrected chi connectivity index (χ2v) is 5.90. The molecule has 3 atom stereocenters. The van der Waals surface area contributed by atoms with Crippen LogP contribution in [0.2, 0.25) is 0 Å². The molecule has 0 unspecified atom stereocenters. The number of carboxylic acid groups (broad SMARTS) is 1. The van der Waals surface area contributed by atoms with Crippen LogP contribution in [0, 0.1) is 11.3 Å². The number of amides is 2. The lowest BCUT2D eigenvalue weighted by molar-refractivity contribution is -0.143. The smallest absolute Gasteiger partial charge is 0.328 e. The highest BCUT2D eigenvalue weighted by Gasteiger charge is 2.28. The van der Waals surface area contributed by atoms with Crippen LogP contribution in [-0.2, 0) is 14.4 Å². The zero-order chi connectivity index (χ0) is 19.6. The molecule has 0 aliphatic carbocycles. The first kappa shape index (κ1) is 22.6. The standard InChI is InChI=1S/C14H28N6O5/c1-7(2)10(15)12(23)19-8(4-3-5-18-14(16)17)11(22)20-9(6-21)13(24)25/h7-10,21H,3-6,15H2,1-2H3,(H,19,23)(H,20,22)(H,24,25)(H4,16,17,18)/t8-,9-,10-/m0/s1. The molecule has 25 heavy (non-hydrogen) atoms. The molecule has 2 amide bonds. The van der Waals surface area contributed by atoms with E-state index in [1.807, 2.05) is 0 Å². The SMILES string of the molecule is CC(C)[C@H](N)C(=O)N[C@@H](CCCNC(=N)N)C(=O)N[C@@H](CO)C(=O)O. The largest absolute Gasteiger partial charge is 0.480 e. The zero-order valence-corrected chi connectivity index (χ0v) is 14.4. The Kier molecular flexibility index (Phi) is 10.1. The number of aliphatic hydroxyl groups is 1. The quantitative estimate of drug-likeness (QED) is 0.110. The lowest BCUT2D eigenvalue weighted by Crippen LogP contribution is -2.56. The summed E-state index contributed by atoms with van der Waals surface area (Å²) in [7, 11) is 0. The monoisotopic (exact) mass is 360 g/mol. The number of carbonyl (C=O) groups excluding carboxylic acids is 2. The summed E-state index contributed by atoms with van der Waals surface area (Å²) in [6.45, 7) is 3.03. The van der Waals surface area contributed by atoms with Crippen LogP contribution in [0.15, 0.2) is 0 Å². The first-order valence-electron chi connectivity index (χ1n) is 7.88. The number of aliphatic carboxylic acids is 1. The van der Waals surface area contributed by atoms with Gasteiger partial charge in [0, 0.05) is 6.54 Å². The van der Waals surface area contributed by atoms with Gasteiger partial charge >= 0.3 is 5.97 Å². The van der Waals surface area contributed by atoms with Gasteiger partial charge in [-0.1, -0.05) is 13.8 Å². The Morgan fingerprint density at radius 1 is 1.12 bits per heavy atom. The van der Waals surface area contributed by atoms with Crippen LogP contribution < -0.4 is 27.4 Å². The van der Waals surface area contributed by atoms with E-state index in [1.165, 1.54) is 0 Å². The molecule has 0 bridgehead atoms. The molecule has 144 valence electrons. The van der Waals surface area contributed by atoms with Gasteiger partial charge in [-0.2, -0.15) is 0 Å². The topological polar surface area (TPSA) is 204 Å². The van der Waals surface area contributed by atoms with Gasteiger partial charge in [-0.15, -0.1) is 0 Å². The second kappa shape index (κ2) is 11.2. The molecular weight excluding hydrogens is 332 g/mol. The third-order valence-electron chi connectivity index (χ3n) is 3.44. The highest BCUT2D eigenvalue weighted by atomic mass is 16.4. The minimum Gasteiger partial charge on any atom is -0.480 e. The predicted molar refractivity (Wildman–Crippen MR) is 90.5 cm³/mol. The van der Waals surface area contributed by atoms with Crippen molar-refractivity contribution in [1.82, 2.24) is 16.0 Å². The van der Waals surface area contributed by atoms with Crippen LogP contribution in [0.5, 0.6) is 0 Å². The van der Waals surface area contributed by atoms with Crippen LogP contribution in [-0.4, -0.2) is 65.2 Å². The third kappa shape index (κ3) is 8.86. The average molecular weight is 360 g/mol. The molecule has 0 aromatic rings. The Hall–Kier alpha value is -2.40. The fraction of sp³-hybridized carbons (Fsp3) is 0.714. The number of rotatable bonds is 11. The Morgan fingerprint density at radius 3 is 2.12 bits per heavy atom. The van der Waals surface area contributed by atoms with E-state index in [2.05, 4.69) is 16.0 Å². The van der Waals surface area contributed by atoms with Crippen LogP contribution in [0.3, 0.4) is 0 Å². The van der Waals surface area contributed by atoms with E-state index in [-0.39, 0.29) is 18.3 Å². The lowest BCUT2D eigenvalue weighted by Gasteiger charge is -2.23. The number of carboxylic acids is 1. The number of aliphatic hydroxyl groups excluding tert-OH is 1. The maximum Gasteiger partial charge on any atom is 0.328 e. The molecule has 0 aliphatic rings. The van der Waals surface area contributed by atoms with Gasteiger partial charge in [-0.05, 0) is 18.8 Å². The van der Waals surface area contributed by atoms with Crippen molar-refractivity contribution in [2.45, 2.75) is 44.8 Å². The van der Waals surface area contributed by atoms with Gasteiger partial charge in [0.1, 0.15) is 12.1 Å². The van der Waals surface area contributed by atoms with Crippen LogP contribution >= 0.6 is 0 Å². The maximum absolute atomic E-state index is 12.2. The molecular formula is C14H28N6O5. The summed E-state index contributed by atoms with van der Waals surface area (Å²) < 4.78 is 0. The summed E-state index contributed by atoms with van der Waals surface area (Å²) >= 11 is 0. The van der Waals surface area contributed by atoms with E-state index < -0.39 is 42.5 Å². The highest BCUT2D eigenvalue weighted by molar-refractivity contribution is 5.91. The van der Waals surface area contributed by atoms with Gasteiger partial charge in [0.05, 0.1) is 12.6 Å². The molecule has 0 aliphatic heterocycles. The average Bonchev–Trinajstić information content (AvgIpc) is 2.53. The summed E-state index contributed by atoms with van der Waals surface area (Å²) in [5.41, 5.74) is 10.9. The first-order valence-corrected chi connectivity index (χ1v) is 7.88. The Bertz CT molecular complexity index is 484. The second-order valence-electron chi connectivity index (χ2n) is 5.90. The number of nitrogens with two attached hydrogens (primary N) is 2. The van der Waals surface area contributed by atoms with Gasteiger partial charge in [0.25, 0.3) is 0 Å². The lowest BCUT2D eigenvalue weighted by atomic mass is 10.0. The molecule has 0 heterocycles. The molecule has 0 spiro atoms. The molecule has 11 heteroatoms. The molecule has 0 radical (unpaired) electrons. The van der Waals surface area contributed by atoms with Crippen LogP contribution in [0.4, 0.5) is 0 Å².